The quantitative estimate of drug-likeness (QED) is 0.815. The molecule has 1 aromatic rings. The van der Waals surface area contributed by atoms with Gasteiger partial charge in [-0.25, -0.2) is 0 Å². The smallest absolute Gasteiger partial charge is 0.158 e. The van der Waals surface area contributed by atoms with Crippen molar-refractivity contribution in [2.45, 2.75) is 40.0 Å². The molecule has 1 aliphatic heterocycles. The highest BCUT2D eigenvalue weighted by Gasteiger charge is 2.20. The van der Waals surface area contributed by atoms with Gasteiger partial charge in [0.1, 0.15) is 12.4 Å². The van der Waals surface area contributed by atoms with Gasteiger partial charge in [0, 0.05) is 13.1 Å². The zero-order chi connectivity index (χ0) is 11.5. The van der Waals surface area contributed by atoms with Crippen molar-refractivity contribution in [2.75, 3.05) is 13.1 Å². The van der Waals surface area contributed by atoms with Crippen LogP contribution in [0.1, 0.15) is 31.9 Å². The molecule has 0 amide bonds. The molecule has 0 aliphatic carbocycles. The Morgan fingerprint density at radius 3 is 2.81 bits per heavy atom. The van der Waals surface area contributed by atoms with E-state index in [4.69, 9.17) is 5.11 Å². The summed E-state index contributed by atoms with van der Waals surface area (Å²) in [5.41, 5.74) is 0. The predicted octanol–water partition coefficient (Wildman–Crippen LogP) is 0.632. The molecule has 0 unspecified atom stereocenters. The molecule has 0 spiro atoms. The van der Waals surface area contributed by atoms with E-state index in [-0.39, 0.29) is 6.61 Å². The number of aromatic nitrogens is 3. The van der Waals surface area contributed by atoms with Gasteiger partial charge in [0.2, 0.25) is 0 Å². The molecule has 5 nitrogen and oxygen atoms in total. The fourth-order valence-electron chi connectivity index (χ4n) is 2.02. The summed E-state index contributed by atoms with van der Waals surface area (Å²) in [5, 5.41) is 17.2. The van der Waals surface area contributed by atoms with Crippen molar-refractivity contribution in [1.82, 2.24) is 19.7 Å². The lowest BCUT2D eigenvalue weighted by Crippen LogP contribution is -2.35. The van der Waals surface area contributed by atoms with E-state index in [2.05, 4.69) is 28.9 Å². The van der Waals surface area contributed by atoms with E-state index in [0.717, 1.165) is 37.9 Å². The average Bonchev–Trinajstić information content (AvgIpc) is 2.68. The minimum atomic E-state index is -0.0149. The third-order valence-electron chi connectivity index (χ3n) is 3.07. The Hall–Kier alpha value is -0.940. The highest BCUT2D eigenvalue weighted by atomic mass is 16.3. The number of aliphatic hydroxyl groups is 1. The molecule has 90 valence electrons. The molecule has 5 heteroatoms. The van der Waals surface area contributed by atoms with E-state index >= 15 is 0 Å². The van der Waals surface area contributed by atoms with Crippen LogP contribution in [0.4, 0.5) is 0 Å². The number of rotatable bonds is 4. The van der Waals surface area contributed by atoms with Crippen molar-refractivity contribution in [3.05, 3.63) is 11.6 Å². The van der Waals surface area contributed by atoms with E-state index in [1.165, 1.54) is 6.42 Å². The topological polar surface area (TPSA) is 54.2 Å². The number of fused-ring (bicyclic) bond motifs is 1. The summed E-state index contributed by atoms with van der Waals surface area (Å²) in [6.07, 6.45) is 1.22. The molecule has 0 aromatic carbocycles. The molecule has 0 atom stereocenters. The Kier molecular flexibility index (Phi) is 3.56. The predicted molar refractivity (Wildman–Crippen MR) is 60.7 cm³/mol. The monoisotopic (exact) mass is 224 g/mol. The summed E-state index contributed by atoms with van der Waals surface area (Å²) in [4.78, 5) is 2.41. The first-order valence-electron chi connectivity index (χ1n) is 5.95. The Bertz CT molecular complexity index is 348. The van der Waals surface area contributed by atoms with E-state index in [1.54, 1.807) is 0 Å². The third-order valence-corrected chi connectivity index (χ3v) is 3.07. The van der Waals surface area contributed by atoms with Crippen molar-refractivity contribution >= 4 is 0 Å². The third kappa shape index (κ3) is 2.41. The van der Waals surface area contributed by atoms with Gasteiger partial charge in [-0.15, -0.1) is 10.2 Å². The molecule has 0 bridgehead atoms. The van der Waals surface area contributed by atoms with Gasteiger partial charge in [0.15, 0.2) is 5.82 Å². The normalized spacial score (nSPS) is 16.8. The summed E-state index contributed by atoms with van der Waals surface area (Å²) in [6.45, 7) is 8.39. The summed E-state index contributed by atoms with van der Waals surface area (Å²) >= 11 is 0. The molecule has 1 aliphatic rings. The van der Waals surface area contributed by atoms with E-state index in [0.29, 0.717) is 5.82 Å². The molecule has 0 saturated carbocycles. The number of aliphatic hydroxyl groups excluding tert-OH is 1. The molecule has 1 N–H and O–H groups in total. The molecule has 2 rings (SSSR count). The summed E-state index contributed by atoms with van der Waals surface area (Å²) in [6, 6.07) is 0. The second-order valence-corrected chi connectivity index (χ2v) is 4.80. The minimum absolute atomic E-state index is 0.0149. The fourth-order valence-corrected chi connectivity index (χ4v) is 2.02. The lowest BCUT2D eigenvalue weighted by molar-refractivity contribution is 0.197. The van der Waals surface area contributed by atoms with Gasteiger partial charge in [-0.3, -0.25) is 4.90 Å². The first-order valence-corrected chi connectivity index (χ1v) is 5.95. The largest absolute Gasteiger partial charge is 0.388 e. The van der Waals surface area contributed by atoms with Gasteiger partial charge in [-0.2, -0.15) is 0 Å². The van der Waals surface area contributed by atoms with Crippen LogP contribution in [0.2, 0.25) is 0 Å². The first kappa shape index (κ1) is 11.5. The second kappa shape index (κ2) is 4.93. The van der Waals surface area contributed by atoms with E-state index in [1.807, 2.05) is 4.57 Å². The van der Waals surface area contributed by atoms with Crippen LogP contribution >= 0.6 is 0 Å². The van der Waals surface area contributed by atoms with Crippen LogP contribution in [-0.2, 0) is 19.7 Å². The Morgan fingerprint density at radius 2 is 2.12 bits per heavy atom. The minimum Gasteiger partial charge on any atom is -0.388 e. The van der Waals surface area contributed by atoms with E-state index < -0.39 is 0 Å². The maximum atomic E-state index is 9.09. The molecule has 1 aromatic heterocycles. The van der Waals surface area contributed by atoms with Crippen molar-refractivity contribution in [3.63, 3.8) is 0 Å². The molecule has 0 fully saturated rings. The maximum Gasteiger partial charge on any atom is 0.158 e. The van der Waals surface area contributed by atoms with Crippen LogP contribution in [0.15, 0.2) is 0 Å². The zero-order valence-electron chi connectivity index (χ0n) is 10.1. The van der Waals surface area contributed by atoms with Gasteiger partial charge >= 0.3 is 0 Å². The van der Waals surface area contributed by atoms with Crippen LogP contribution in [0.25, 0.3) is 0 Å². The first-order chi connectivity index (χ1) is 7.70. The fraction of sp³-hybridized carbons (Fsp3) is 0.818. The van der Waals surface area contributed by atoms with Gasteiger partial charge in [-0.1, -0.05) is 13.8 Å². The van der Waals surface area contributed by atoms with Crippen LogP contribution in [0.3, 0.4) is 0 Å². The number of nitrogens with zero attached hydrogens (tertiary/aromatic N) is 4. The SMILES string of the molecule is CC(C)CCN1CCn2c(CO)nnc2C1. The summed E-state index contributed by atoms with van der Waals surface area (Å²) in [7, 11) is 0. The summed E-state index contributed by atoms with van der Waals surface area (Å²) in [5.74, 6) is 2.42. The van der Waals surface area contributed by atoms with Crippen LogP contribution < -0.4 is 0 Å². The molecule has 0 radical (unpaired) electrons. The number of hydrogen-bond donors (Lipinski definition) is 1. The lowest BCUT2D eigenvalue weighted by Gasteiger charge is -2.28. The number of hydrogen-bond acceptors (Lipinski definition) is 4. The Labute approximate surface area is 96.1 Å². The van der Waals surface area contributed by atoms with Crippen molar-refractivity contribution < 1.29 is 5.11 Å². The van der Waals surface area contributed by atoms with Crippen molar-refractivity contribution in [1.29, 1.82) is 0 Å². The van der Waals surface area contributed by atoms with Crippen LogP contribution in [0, 0.1) is 5.92 Å². The average molecular weight is 224 g/mol. The highest BCUT2D eigenvalue weighted by Crippen LogP contribution is 2.13. The molecule has 16 heavy (non-hydrogen) atoms. The Balaban J connectivity index is 1.96. The lowest BCUT2D eigenvalue weighted by atomic mass is 10.1. The van der Waals surface area contributed by atoms with Crippen LogP contribution in [-0.4, -0.2) is 37.9 Å². The van der Waals surface area contributed by atoms with Crippen molar-refractivity contribution in [2.24, 2.45) is 5.92 Å². The van der Waals surface area contributed by atoms with Gasteiger partial charge in [0.25, 0.3) is 0 Å². The molecule has 2 heterocycles. The van der Waals surface area contributed by atoms with E-state index in [9.17, 15) is 0 Å². The molecular formula is C11H20N4O. The summed E-state index contributed by atoms with van der Waals surface area (Å²) < 4.78 is 2.03. The zero-order valence-corrected chi connectivity index (χ0v) is 10.1. The van der Waals surface area contributed by atoms with Gasteiger partial charge in [-0.05, 0) is 18.9 Å². The Morgan fingerprint density at radius 1 is 1.31 bits per heavy atom. The maximum absolute atomic E-state index is 9.09. The second-order valence-electron chi connectivity index (χ2n) is 4.80. The van der Waals surface area contributed by atoms with Gasteiger partial charge < -0.3 is 9.67 Å². The van der Waals surface area contributed by atoms with Gasteiger partial charge in [0.05, 0.1) is 6.54 Å². The van der Waals surface area contributed by atoms with Crippen LogP contribution in [0.5, 0.6) is 0 Å². The highest BCUT2D eigenvalue weighted by molar-refractivity contribution is 4.97. The molecule has 0 saturated heterocycles. The standard InChI is InChI=1S/C11H20N4O/c1-9(2)3-4-14-5-6-15-10(7-14)12-13-11(15)8-16/h9,16H,3-8H2,1-2H3. The van der Waals surface area contributed by atoms with Crippen molar-refractivity contribution in [3.8, 4) is 0 Å². The molecular weight excluding hydrogens is 204 g/mol.